The van der Waals surface area contributed by atoms with Gasteiger partial charge in [0.1, 0.15) is 0 Å². The fourth-order valence-electron chi connectivity index (χ4n) is 2.08. The summed E-state index contributed by atoms with van der Waals surface area (Å²) in [6.07, 6.45) is 4.73. The van der Waals surface area contributed by atoms with E-state index in [9.17, 15) is 4.79 Å². The van der Waals surface area contributed by atoms with Crippen LogP contribution in [0.25, 0.3) is 0 Å². The van der Waals surface area contributed by atoms with Gasteiger partial charge in [-0.15, -0.1) is 0 Å². The van der Waals surface area contributed by atoms with E-state index in [4.69, 9.17) is 16.3 Å². The van der Waals surface area contributed by atoms with E-state index in [0.29, 0.717) is 22.9 Å². The average Bonchev–Trinajstić information content (AvgIpc) is 2.34. The first-order chi connectivity index (χ1) is 9.06. The number of carbonyl (C=O) groups is 1. The van der Waals surface area contributed by atoms with Gasteiger partial charge < -0.3 is 15.4 Å². The second-order valence-electron chi connectivity index (χ2n) is 4.81. The first kappa shape index (κ1) is 14.1. The Morgan fingerprint density at radius 2 is 2.32 bits per heavy atom. The molecule has 0 radical (unpaired) electrons. The minimum atomic E-state index is -0.282. The molecule has 1 aliphatic carbocycles. The van der Waals surface area contributed by atoms with Gasteiger partial charge in [-0.25, -0.2) is 4.79 Å². The zero-order valence-corrected chi connectivity index (χ0v) is 11.9. The number of ether oxygens (including phenoxy) is 1. The van der Waals surface area contributed by atoms with Crippen LogP contribution >= 0.6 is 11.6 Å². The van der Waals surface area contributed by atoms with Gasteiger partial charge in [0.2, 0.25) is 0 Å². The summed E-state index contributed by atoms with van der Waals surface area (Å²) in [5.74, 6) is 0. The van der Waals surface area contributed by atoms with Gasteiger partial charge in [-0.1, -0.05) is 11.6 Å². The number of nitrogens with zero attached hydrogens (tertiary/aromatic N) is 1. The molecule has 1 fully saturated rings. The van der Waals surface area contributed by atoms with Gasteiger partial charge >= 0.3 is 6.03 Å². The molecule has 1 aromatic heterocycles. The van der Waals surface area contributed by atoms with E-state index in [-0.39, 0.29) is 11.6 Å². The standard InChI is InChI=1S/C13H18ClN3O2/c1-9-11(14)10(4-7-15-9)17-12(18)16-8-13(19-2)5-3-6-13/h4,7H,3,5-6,8H2,1-2H3,(H2,15,16,17,18). The predicted octanol–water partition coefficient (Wildman–Crippen LogP) is 2.73. The van der Waals surface area contributed by atoms with Crippen molar-refractivity contribution < 1.29 is 9.53 Å². The summed E-state index contributed by atoms with van der Waals surface area (Å²) in [4.78, 5) is 15.9. The van der Waals surface area contributed by atoms with Crippen LogP contribution in [0, 0.1) is 6.92 Å². The quantitative estimate of drug-likeness (QED) is 0.893. The van der Waals surface area contributed by atoms with E-state index < -0.39 is 0 Å². The summed E-state index contributed by atoms with van der Waals surface area (Å²) in [7, 11) is 1.68. The fourth-order valence-corrected chi connectivity index (χ4v) is 2.24. The minimum absolute atomic E-state index is 0.185. The number of pyridine rings is 1. The highest BCUT2D eigenvalue weighted by molar-refractivity contribution is 6.34. The molecule has 6 heteroatoms. The third-order valence-electron chi connectivity index (χ3n) is 3.58. The van der Waals surface area contributed by atoms with Crippen molar-refractivity contribution in [3.8, 4) is 0 Å². The molecule has 2 N–H and O–H groups in total. The van der Waals surface area contributed by atoms with Gasteiger partial charge in [-0.05, 0) is 32.3 Å². The van der Waals surface area contributed by atoms with Crippen molar-refractivity contribution >= 4 is 23.3 Å². The Hall–Kier alpha value is -1.33. The zero-order chi connectivity index (χ0) is 13.9. The van der Waals surface area contributed by atoms with Crippen LogP contribution in [0.1, 0.15) is 25.0 Å². The SMILES string of the molecule is COC1(CNC(=O)Nc2ccnc(C)c2Cl)CCC1. The monoisotopic (exact) mass is 283 g/mol. The predicted molar refractivity (Wildman–Crippen MR) is 74.6 cm³/mol. The Morgan fingerprint density at radius 3 is 2.89 bits per heavy atom. The number of hydrogen-bond acceptors (Lipinski definition) is 3. The molecular formula is C13H18ClN3O2. The molecule has 1 aliphatic rings. The van der Waals surface area contributed by atoms with Gasteiger partial charge in [-0.2, -0.15) is 0 Å². The molecule has 19 heavy (non-hydrogen) atoms. The van der Waals surface area contributed by atoms with Gasteiger partial charge in [-0.3, -0.25) is 4.98 Å². The smallest absolute Gasteiger partial charge is 0.319 e. The molecule has 0 aromatic carbocycles. The van der Waals surface area contributed by atoms with Gasteiger partial charge in [0.05, 0.1) is 22.0 Å². The summed E-state index contributed by atoms with van der Waals surface area (Å²) in [5, 5.41) is 6.00. The van der Waals surface area contributed by atoms with Crippen LogP contribution in [0.2, 0.25) is 5.02 Å². The Morgan fingerprint density at radius 1 is 1.58 bits per heavy atom. The zero-order valence-electron chi connectivity index (χ0n) is 11.1. The molecule has 0 spiro atoms. The van der Waals surface area contributed by atoms with Crippen LogP contribution in [0.3, 0.4) is 0 Å². The molecule has 104 valence electrons. The second-order valence-corrected chi connectivity index (χ2v) is 5.18. The number of halogens is 1. The summed E-state index contributed by atoms with van der Waals surface area (Å²) in [6.45, 7) is 2.30. The van der Waals surface area contributed by atoms with E-state index in [1.54, 1.807) is 26.3 Å². The molecule has 1 heterocycles. The fraction of sp³-hybridized carbons (Fsp3) is 0.538. The highest BCUT2D eigenvalue weighted by Crippen LogP contribution is 2.34. The Kier molecular flexibility index (Phi) is 4.27. The number of hydrogen-bond donors (Lipinski definition) is 2. The Labute approximate surface area is 117 Å². The second kappa shape index (κ2) is 5.75. The van der Waals surface area contributed by atoms with Crippen LogP contribution in [-0.2, 0) is 4.74 Å². The molecule has 0 saturated heterocycles. The number of anilines is 1. The van der Waals surface area contributed by atoms with Crippen molar-refractivity contribution in [2.45, 2.75) is 31.8 Å². The molecule has 0 unspecified atom stereocenters. The molecule has 2 rings (SSSR count). The van der Waals surface area contributed by atoms with E-state index in [1.165, 1.54) is 0 Å². The van der Waals surface area contributed by atoms with Crippen molar-refractivity contribution in [2.24, 2.45) is 0 Å². The highest BCUT2D eigenvalue weighted by Gasteiger charge is 2.37. The number of carbonyl (C=O) groups excluding carboxylic acids is 1. The highest BCUT2D eigenvalue weighted by atomic mass is 35.5. The summed E-state index contributed by atoms with van der Waals surface area (Å²) in [6, 6.07) is 1.39. The summed E-state index contributed by atoms with van der Waals surface area (Å²) in [5.41, 5.74) is 1.06. The molecular weight excluding hydrogens is 266 g/mol. The van der Waals surface area contributed by atoms with Gasteiger partial charge in [0.15, 0.2) is 0 Å². The molecule has 5 nitrogen and oxygen atoms in total. The number of nitrogens with one attached hydrogen (secondary N) is 2. The minimum Gasteiger partial charge on any atom is -0.376 e. The molecule has 2 amide bonds. The van der Waals surface area contributed by atoms with Crippen molar-refractivity contribution in [2.75, 3.05) is 19.0 Å². The van der Waals surface area contributed by atoms with Crippen molar-refractivity contribution in [3.63, 3.8) is 0 Å². The first-order valence-corrected chi connectivity index (χ1v) is 6.65. The normalized spacial score (nSPS) is 16.6. The van der Waals surface area contributed by atoms with Crippen LogP contribution < -0.4 is 10.6 Å². The van der Waals surface area contributed by atoms with Crippen LogP contribution in [0.5, 0.6) is 0 Å². The number of rotatable bonds is 4. The first-order valence-electron chi connectivity index (χ1n) is 6.27. The maximum Gasteiger partial charge on any atom is 0.319 e. The lowest BCUT2D eigenvalue weighted by Gasteiger charge is -2.40. The number of methoxy groups -OCH3 is 1. The molecule has 0 atom stereocenters. The third kappa shape index (κ3) is 3.16. The molecule has 0 aliphatic heterocycles. The van der Waals surface area contributed by atoms with E-state index in [1.807, 2.05) is 0 Å². The van der Waals surface area contributed by atoms with Crippen LogP contribution in [0.4, 0.5) is 10.5 Å². The van der Waals surface area contributed by atoms with Gasteiger partial charge in [0.25, 0.3) is 0 Å². The topological polar surface area (TPSA) is 63.2 Å². The summed E-state index contributed by atoms with van der Waals surface area (Å²) < 4.78 is 5.44. The lowest BCUT2D eigenvalue weighted by atomic mass is 9.80. The lowest BCUT2D eigenvalue weighted by Crippen LogP contribution is -2.50. The van der Waals surface area contributed by atoms with E-state index in [0.717, 1.165) is 19.3 Å². The van der Waals surface area contributed by atoms with Crippen LogP contribution in [0.15, 0.2) is 12.3 Å². The van der Waals surface area contributed by atoms with Crippen LogP contribution in [-0.4, -0.2) is 30.3 Å². The van der Waals surface area contributed by atoms with Crippen molar-refractivity contribution in [3.05, 3.63) is 23.0 Å². The maximum absolute atomic E-state index is 11.8. The molecule has 0 bridgehead atoms. The van der Waals surface area contributed by atoms with Crippen molar-refractivity contribution in [1.29, 1.82) is 0 Å². The Bertz CT molecular complexity index is 469. The summed E-state index contributed by atoms with van der Waals surface area (Å²) >= 11 is 6.06. The number of urea groups is 1. The molecule has 1 saturated carbocycles. The molecule has 1 aromatic rings. The lowest BCUT2D eigenvalue weighted by molar-refractivity contribution is -0.0671. The van der Waals surface area contributed by atoms with Gasteiger partial charge in [0, 0.05) is 19.9 Å². The third-order valence-corrected chi connectivity index (χ3v) is 4.06. The van der Waals surface area contributed by atoms with E-state index in [2.05, 4.69) is 15.6 Å². The number of aryl methyl sites for hydroxylation is 1. The largest absolute Gasteiger partial charge is 0.376 e. The van der Waals surface area contributed by atoms with E-state index >= 15 is 0 Å². The number of amides is 2. The maximum atomic E-state index is 11.8. The average molecular weight is 284 g/mol. The number of aromatic nitrogens is 1. The van der Waals surface area contributed by atoms with Crippen molar-refractivity contribution in [1.82, 2.24) is 10.3 Å². The Balaban J connectivity index is 1.89.